The highest BCUT2D eigenvalue weighted by atomic mass is 16.3. The van der Waals surface area contributed by atoms with Crippen LogP contribution in [-0.4, -0.2) is 22.8 Å². The van der Waals surface area contributed by atoms with Crippen LogP contribution in [0.5, 0.6) is 0 Å². The van der Waals surface area contributed by atoms with Crippen molar-refractivity contribution in [3.8, 4) is 6.07 Å². The Morgan fingerprint density at radius 1 is 1.69 bits per heavy atom. The maximum Gasteiger partial charge on any atom is 0.259 e. The van der Waals surface area contributed by atoms with Gasteiger partial charge in [-0.25, -0.2) is 0 Å². The molecule has 2 N–H and O–H groups in total. The summed E-state index contributed by atoms with van der Waals surface area (Å²) in [5.41, 5.74) is -0.221. The van der Waals surface area contributed by atoms with E-state index < -0.39 is 23.7 Å². The number of carbonyl (C=O) groups excluding carboxylic acids is 2. The van der Waals surface area contributed by atoms with Gasteiger partial charge in [0.25, 0.3) is 5.91 Å². The number of rotatable bonds is 4. The summed E-state index contributed by atoms with van der Waals surface area (Å²) in [7, 11) is 0. The van der Waals surface area contributed by atoms with Gasteiger partial charge >= 0.3 is 0 Å². The van der Waals surface area contributed by atoms with Gasteiger partial charge in [0.15, 0.2) is 5.78 Å². The molecule has 0 saturated carbocycles. The maximum absolute atomic E-state index is 11.4. The van der Waals surface area contributed by atoms with Gasteiger partial charge in [0.2, 0.25) is 0 Å². The summed E-state index contributed by atoms with van der Waals surface area (Å²) in [6.07, 6.45) is 1.34. The Hall–Kier alpha value is -1.83. The SMILES string of the molecule is CCCC(C#N)C1NC(=O)C(C(C)=O)=C1O. The van der Waals surface area contributed by atoms with E-state index in [9.17, 15) is 14.7 Å². The number of ketones is 1. The van der Waals surface area contributed by atoms with E-state index in [0.717, 1.165) is 6.42 Å². The Morgan fingerprint density at radius 2 is 2.31 bits per heavy atom. The van der Waals surface area contributed by atoms with Gasteiger partial charge in [-0.1, -0.05) is 13.3 Å². The third-order valence-corrected chi connectivity index (χ3v) is 2.58. The Kier molecular flexibility index (Phi) is 3.67. The number of aliphatic hydroxyl groups excluding tert-OH is 1. The van der Waals surface area contributed by atoms with Gasteiger partial charge in [0.1, 0.15) is 17.4 Å². The molecule has 0 aliphatic carbocycles. The zero-order chi connectivity index (χ0) is 12.3. The second-order valence-corrected chi connectivity index (χ2v) is 3.79. The van der Waals surface area contributed by atoms with E-state index in [0.29, 0.717) is 6.42 Å². The maximum atomic E-state index is 11.4. The lowest BCUT2D eigenvalue weighted by atomic mass is 9.95. The summed E-state index contributed by atoms with van der Waals surface area (Å²) in [6.45, 7) is 3.13. The first-order chi connectivity index (χ1) is 7.52. The summed E-state index contributed by atoms with van der Waals surface area (Å²) in [5, 5.41) is 21.1. The largest absolute Gasteiger partial charge is 0.509 e. The first kappa shape index (κ1) is 12.2. The molecule has 2 unspecified atom stereocenters. The molecule has 1 rings (SSSR count). The van der Waals surface area contributed by atoms with Crippen molar-refractivity contribution in [1.82, 2.24) is 5.32 Å². The van der Waals surface area contributed by atoms with E-state index in [-0.39, 0.29) is 11.3 Å². The van der Waals surface area contributed by atoms with E-state index in [2.05, 4.69) is 5.32 Å². The van der Waals surface area contributed by atoms with Crippen LogP contribution < -0.4 is 5.32 Å². The number of hydrogen-bond acceptors (Lipinski definition) is 4. The first-order valence-corrected chi connectivity index (χ1v) is 5.17. The molecule has 1 heterocycles. The van der Waals surface area contributed by atoms with E-state index in [4.69, 9.17) is 5.26 Å². The number of carbonyl (C=O) groups is 2. The molecule has 0 aromatic heterocycles. The molecule has 5 nitrogen and oxygen atoms in total. The van der Waals surface area contributed by atoms with E-state index in [1.54, 1.807) is 0 Å². The van der Waals surface area contributed by atoms with Crippen LogP contribution in [0.2, 0.25) is 0 Å². The molecule has 0 bridgehead atoms. The molecule has 2 atom stereocenters. The van der Waals surface area contributed by atoms with Gasteiger partial charge < -0.3 is 10.4 Å². The third kappa shape index (κ3) is 2.06. The predicted molar refractivity (Wildman–Crippen MR) is 56.3 cm³/mol. The molecular weight excluding hydrogens is 208 g/mol. The molecule has 0 aromatic rings. The van der Waals surface area contributed by atoms with Crippen LogP contribution >= 0.6 is 0 Å². The number of nitriles is 1. The van der Waals surface area contributed by atoms with Gasteiger partial charge in [0.05, 0.1) is 12.0 Å². The van der Waals surface area contributed by atoms with Crippen molar-refractivity contribution >= 4 is 11.7 Å². The van der Waals surface area contributed by atoms with Crippen LogP contribution in [0.3, 0.4) is 0 Å². The van der Waals surface area contributed by atoms with Crippen molar-refractivity contribution in [2.75, 3.05) is 0 Å². The van der Waals surface area contributed by atoms with Crippen LogP contribution in [0.25, 0.3) is 0 Å². The molecule has 16 heavy (non-hydrogen) atoms. The molecule has 5 heteroatoms. The Morgan fingerprint density at radius 3 is 2.69 bits per heavy atom. The van der Waals surface area contributed by atoms with E-state index in [1.165, 1.54) is 6.92 Å². The number of amides is 1. The number of nitrogens with one attached hydrogen (secondary N) is 1. The van der Waals surface area contributed by atoms with Crippen LogP contribution in [0, 0.1) is 17.2 Å². The molecule has 0 radical (unpaired) electrons. The zero-order valence-corrected chi connectivity index (χ0v) is 9.28. The molecule has 0 fully saturated rings. The van der Waals surface area contributed by atoms with E-state index in [1.807, 2.05) is 13.0 Å². The summed E-state index contributed by atoms with van der Waals surface area (Å²) in [5.74, 6) is -1.86. The summed E-state index contributed by atoms with van der Waals surface area (Å²) in [4.78, 5) is 22.5. The fourth-order valence-electron chi connectivity index (χ4n) is 1.80. The first-order valence-electron chi connectivity index (χ1n) is 5.17. The van der Waals surface area contributed by atoms with Crippen molar-refractivity contribution in [1.29, 1.82) is 5.26 Å². The number of hydrogen-bond donors (Lipinski definition) is 2. The number of nitrogens with zero attached hydrogens (tertiary/aromatic N) is 1. The van der Waals surface area contributed by atoms with Crippen molar-refractivity contribution in [3.63, 3.8) is 0 Å². The Labute approximate surface area is 93.8 Å². The fraction of sp³-hybridized carbons (Fsp3) is 0.545. The molecular formula is C11H14N2O3. The smallest absolute Gasteiger partial charge is 0.259 e. The third-order valence-electron chi connectivity index (χ3n) is 2.58. The monoisotopic (exact) mass is 222 g/mol. The van der Waals surface area contributed by atoms with Crippen molar-refractivity contribution in [3.05, 3.63) is 11.3 Å². The van der Waals surface area contributed by atoms with Crippen molar-refractivity contribution < 1.29 is 14.7 Å². The summed E-state index contributed by atoms with van der Waals surface area (Å²) >= 11 is 0. The van der Waals surface area contributed by atoms with Crippen molar-refractivity contribution in [2.24, 2.45) is 5.92 Å². The van der Waals surface area contributed by atoms with Crippen LogP contribution in [-0.2, 0) is 9.59 Å². The molecule has 0 spiro atoms. The Bertz CT molecular complexity index is 393. The minimum atomic E-state index is -0.739. The van der Waals surface area contributed by atoms with Crippen LogP contribution in [0.15, 0.2) is 11.3 Å². The molecule has 1 aliphatic rings. The van der Waals surface area contributed by atoms with Crippen LogP contribution in [0.4, 0.5) is 0 Å². The highest BCUT2D eigenvalue weighted by molar-refractivity contribution is 6.20. The van der Waals surface area contributed by atoms with Gasteiger partial charge in [-0.05, 0) is 13.3 Å². The predicted octanol–water partition coefficient (Wildman–Crippen LogP) is 0.826. The second-order valence-electron chi connectivity index (χ2n) is 3.79. The normalized spacial score (nSPS) is 21.6. The molecule has 1 aliphatic heterocycles. The van der Waals surface area contributed by atoms with Gasteiger partial charge in [-0.15, -0.1) is 0 Å². The molecule has 0 aromatic carbocycles. The van der Waals surface area contributed by atoms with Gasteiger partial charge in [-0.3, -0.25) is 9.59 Å². The second kappa shape index (κ2) is 4.79. The van der Waals surface area contributed by atoms with Gasteiger partial charge in [0, 0.05) is 0 Å². The van der Waals surface area contributed by atoms with E-state index >= 15 is 0 Å². The highest BCUT2D eigenvalue weighted by Gasteiger charge is 2.38. The lowest BCUT2D eigenvalue weighted by molar-refractivity contribution is -0.121. The topological polar surface area (TPSA) is 90.2 Å². The molecule has 0 saturated heterocycles. The quantitative estimate of drug-likeness (QED) is 0.689. The Balaban J connectivity index is 2.99. The van der Waals surface area contributed by atoms with Gasteiger partial charge in [-0.2, -0.15) is 5.26 Å². The minimum absolute atomic E-state index is 0.221. The molecule has 1 amide bonds. The molecule has 86 valence electrons. The average molecular weight is 222 g/mol. The fourth-order valence-corrected chi connectivity index (χ4v) is 1.80. The number of aliphatic hydroxyl groups is 1. The summed E-state index contributed by atoms with van der Waals surface area (Å²) in [6, 6.07) is 1.30. The minimum Gasteiger partial charge on any atom is -0.509 e. The number of Topliss-reactive ketones (excluding diaryl/α,β-unsaturated/α-hetero) is 1. The standard InChI is InChI=1S/C11H14N2O3/c1-3-4-7(5-12)9-10(15)8(6(2)14)11(16)13-9/h7,9,15H,3-4H2,1-2H3,(H,13,16). The highest BCUT2D eigenvalue weighted by Crippen LogP contribution is 2.24. The summed E-state index contributed by atoms with van der Waals surface area (Å²) < 4.78 is 0. The lowest BCUT2D eigenvalue weighted by Gasteiger charge is -2.16. The zero-order valence-electron chi connectivity index (χ0n) is 9.28. The lowest BCUT2D eigenvalue weighted by Crippen LogP contribution is -2.35. The van der Waals surface area contributed by atoms with Crippen LogP contribution in [0.1, 0.15) is 26.7 Å². The van der Waals surface area contributed by atoms with Crippen molar-refractivity contribution in [2.45, 2.75) is 32.7 Å². The average Bonchev–Trinajstić information content (AvgIpc) is 2.50.